The summed E-state index contributed by atoms with van der Waals surface area (Å²) in [5.74, 6) is -0.453. The number of halogens is 1. The maximum absolute atomic E-state index is 12.1. The van der Waals surface area contributed by atoms with Gasteiger partial charge in [0.15, 0.2) is 0 Å². The zero-order valence-corrected chi connectivity index (χ0v) is 14.8. The number of hydrogen-bond acceptors (Lipinski definition) is 6. The number of aryl methyl sites for hydroxylation is 2. The van der Waals surface area contributed by atoms with Crippen LogP contribution in [0.4, 0.5) is 0 Å². The zero-order chi connectivity index (χ0) is 16.6. The number of hydrogen-bond donors (Lipinski definition) is 0. The minimum absolute atomic E-state index is 0.0585. The molecular formula is C15H12BrN3O3S. The monoisotopic (exact) mass is 393 g/mol. The molecule has 8 heteroatoms. The van der Waals surface area contributed by atoms with Gasteiger partial charge in [-0.2, -0.15) is 0 Å². The Kier molecular flexibility index (Phi) is 4.27. The van der Waals surface area contributed by atoms with Crippen LogP contribution >= 0.6 is 27.3 Å². The molecule has 0 unspecified atom stereocenters. The van der Waals surface area contributed by atoms with E-state index in [0.29, 0.717) is 21.9 Å². The van der Waals surface area contributed by atoms with E-state index in [2.05, 4.69) is 25.9 Å². The maximum Gasteiger partial charge on any atom is 0.350 e. The lowest BCUT2D eigenvalue weighted by Gasteiger charge is -2.05. The van der Waals surface area contributed by atoms with Gasteiger partial charge >= 0.3 is 5.97 Å². The molecule has 0 bridgehead atoms. The first-order valence-electron chi connectivity index (χ1n) is 6.73. The van der Waals surface area contributed by atoms with E-state index in [-0.39, 0.29) is 12.2 Å². The van der Waals surface area contributed by atoms with Gasteiger partial charge in [0.2, 0.25) is 0 Å². The van der Waals surface area contributed by atoms with E-state index in [0.717, 1.165) is 9.48 Å². The molecule has 3 aromatic rings. The van der Waals surface area contributed by atoms with Crippen molar-refractivity contribution in [2.45, 2.75) is 20.5 Å². The van der Waals surface area contributed by atoms with Crippen LogP contribution < -0.4 is 5.56 Å². The molecular weight excluding hydrogens is 382 g/mol. The summed E-state index contributed by atoms with van der Waals surface area (Å²) >= 11 is 4.60. The van der Waals surface area contributed by atoms with E-state index in [1.165, 1.54) is 21.8 Å². The van der Waals surface area contributed by atoms with Crippen molar-refractivity contribution in [1.29, 1.82) is 0 Å². The molecule has 6 nitrogen and oxygen atoms in total. The molecule has 0 aliphatic rings. The molecule has 3 aromatic heterocycles. The standard InChI is InChI=1S/C15H12BrN3O3S/c1-8-14(23-9(2)17-8)15(21)22-7-11-5-13(20)19-6-10(16)3-4-12(19)18-11/h3-6H,7H2,1-2H3. The third-order valence-electron chi connectivity index (χ3n) is 3.12. The SMILES string of the molecule is Cc1nc(C)c(C(=O)OCc2cc(=O)n3cc(Br)ccc3n2)s1. The highest BCUT2D eigenvalue weighted by Crippen LogP contribution is 2.18. The number of ether oxygens (including phenoxy) is 1. The number of fused-ring (bicyclic) bond motifs is 1. The lowest BCUT2D eigenvalue weighted by Crippen LogP contribution is -2.16. The molecule has 0 amide bonds. The molecule has 0 radical (unpaired) electrons. The van der Waals surface area contributed by atoms with Crippen molar-refractivity contribution >= 4 is 38.9 Å². The highest BCUT2D eigenvalue weighted by Gasteiger charge is 2.16. The summed E-state index contributed by atoms with van der Waals surface area (Å²) in [5.41, 5.74) is 1.32. The molecule has 3 heterocycles. The highest BCUT2D eigenvalue weighted by atomic mass is 79.9. The lowest BCUT2D eigenvalue weighted by molar-refractivity contribution is 0.0472. The van der Waals surface area contributed by atoms with Crippen LogP contribution in [0, 0.1) is 13.8 Å². The van der Waals surface area contributed by atoms with Gasteiger partial charge in [0.25, 0.3) is 5.56 Å². The Morgan fingerprint density at radius 2 is 2.13 bits per heavy atom. The number of nitrogens with zero attached hydrogens (tertiary/aromatic N) is 3. The number of aromatic nitrogens is 3. The van der Waals surface area contributed by atoms with E-state index in [4.69, 9.17) is 4.74 Å². The summed E-state index contributed by atoms with van der Waals surface area (Å²) in [4.78, 5) is 33.1. The van der Waals surface area contributed by atoms with Crippen molar-refractivity contribution < 1.29 is 9.53 Å². The normalized spacial score (nSPS) is 10.9. The van der Waals surface area contributed by atoms with E-state index in [9.17, 15) is 9.59 Å². The summed E-state index contributed by atoms with van der Waals surface area (Å²) in [6, 6.07) is 4.87. The van der Waals surface area contributed by atoms with Gasteiger partial charge in [-0.05, 0) is 41.9 Å². The van der Waals surface area contributed by atoms with Crippen LogP contribution in [0.5, 0.6) is 0 Å². The third kappa shape index (κ3) is 3.32. The van der Waals surface area contributed by atoms with Gasteiger partial charge in [-0.1, -0.05) is 0 Å². The average molecular weight is 394 g/mol. The number of esters is 1. The minimum Gasteiger partial charge on any atom is -0.455 e. The molecule has 0 aromatic carbocycles. The van der Waals surface area contributed by atoms with E-state index in [1.54, 1.807) is 25.3 Å². The fourth-order valence-electron chi connectivity index (χ4n) is 2.13. The molecule has 0 fully saturated rings. The lowest BCUT2D eigenvalue weighted by atomic mass is 10.3. The van der Waals surface area contributed by atoms with Gasteiger partial charge in [0, 0.05) is 16.7 Å². The smallest absolute Gasteiger partial charge is 0.350 e. The number of carbonyl (C=O) groups excluding carboxylic acids is 1. The van der Waals surface area contributed by atoms with Crippen LogP contribution in [-0.2, 0) is 11.3 Å². The summed E-state index contributed by atoms with van der Waals surface area (Å²) in [6.07, 6.45) is 1.64. The number of thiazole rings is 1. The predicted molar refractivity (Wildman–Crippen MR) is 89.9 cm³/mol. The largest absolute Gasteiger partial charge is 0.455 e. The molecule has 23 heavy (non-hydrogen) atoms. The van der Waals surface area contributed by atoms with Crippen molar-refractivity contribution in [3.8, 4) is 0 Å². The molecule has 0 aliphatic carbocycles. The van der Waals surface area contributed by atoms with E-state index >= 15 is 0 Å². The first-order valence-corrected chi connectivity index (χ1v) is 8.34. The van der Waals surface area contributed by atoms with Gasteiger partial charge in [-0.15, -0.1) is 11.3 Å². The van der Waals surface area contributed by atoms with Gasteiger partial charge in [-0.25, -0.2) is 14.8 Å². The second kappa shape index (κ2) is 6.21. The fourth-order valence-corrected chi connectivity index (χ4v) is 3.28. The Hall–Kier alpha value is -2.06. The molecule has 3 rings (SSSR count). The van der Waals surface area contributed by atoms with E-state index in [1.807, 2.05) is 6.92 Å². The second-order valence-electron chi connectivity index (χ2n) is 4.88. The Morgan fingerprint density at radius 1 is 1.35 bits per heavy atom. The van der Waals surface area contributed by atoms with Crippen LogP contribution in [0.3, 0.4) is 0 Å². The first-order chi connectivity index (χ1) is 10.9. The zero-order valence-electron chi connectivity index (χ0n) is 12.4. The molecule has 0 saturated heterocycles. The van der Waals surface area contributed by atoms with Crippen LogP contribution in [0.25, 0.3) is 5.65 Å². The molecule has 0 spiro atoms. The van der Waals surface area contributed by atoms with Crippen LogP contribution in [-0.4, -0.2) is 20.3 Å². The molecule has 0 atom stereocenters. The number of pyridine rings is 1. The van der Waals surface area contributed by atoms with Gasteiger partial charge in [0.1, 0.15) is 17.1 Å². The quantitative estimate of drug-likeness (QED) is 0.639. The summed E-state index contributed by atoms with van der Waals surface area (Å²) in [7, 11) is 0. The number of rotatable bonds is 3. The second-order valence-corrected chi connectivity index (χ2v) is 7.00. The summed E-state index contributed by atoms with van der Waals surface area (Å²) < 4.78 is 7.45. The predicted octanol–water partition coefficient (Wildman–Crippen LogP) is 2.89. The first kappa shape index (κ1) is 15.8. The van der Waals surface area contributed by atoms with Gasteiger partial charge in [-0.3, -0.25) is 9.20 Å². The fraction of sp³-hybridized carbons (Fsp3) is 0.200. The van der Waals surface area contributed by atoms with Crippen molar-refractivity contribution in [2.24, 2.45) is 0 Å². The topological polar surface area (TPSA) is 73.6 Å². The van der Waals surface area contributed by atoms with Crippen LogP contribution in [0.2, 0.25) is 0 Å². The Morgan fingerprint density at radius 3 is 2.83 bits per heavy atom. The molecule has 0 N–H and O–H groups in total. The van der Waals surface area contributed by atoms with Gasteiger partial charge in [0.05, 0.1) is 16.4 Å². The summed E-state index contributed by atoms with van der Waals surface area (Å²) in [5, 5.41) is 0.808. The third-order valence-corrected chi connectivity index (χ3v) is 4.64. The number of carbonyl (C=O) groups is 1. The molecule has 118 valence electrons. The van der Waals surface area contributed by atoms with Crippen LogP contribution in [0.15, 0.2) is 33.7 Å². The van der Waals surface area contributed by atoms with Crippen molar-refractivity contribution in [3.05, 3.63) is 60.5 Å². The Balaban J connectivity index is 1.82. The van der Waals surface area contributed by atoms with Crippen molar-refractivity contribution in [1.82, 2.24) is 14.4 Å². The van der Waals surface area contributed by atoms with Crippen LogP contribution in [0.1, 0.15) is 26.1 Å². The van der Waals surface area contributed by atoms with Crippen molar-refractivity contribution in [3.63, 3.8) is 0 Å². The maximum atomic E-state index is 12.1. The average Bonchev–Trinajstić information content (AvgIpc) is 2.84. The Labute approximate surface area is 143 Å². The molecule has 0 saturated carbocycles. The summed E-state index contributed by atoms with van der Waals surface area (Å²) in [6.45, 7) is 3.54. The van der Waals surface area contributed by atoms with Crippen molar-refractivity contribution in [2.75, 3.05) is 0 Å². The minimum atomic E-state index is -0.453. The van der Waals surface area contributed by atoms with Gasteiger partial charge < -0.3 is 4.74 Å². The van der Waals surface area contributed by atoms with E-state index < -0.39 is 5.97 Å². The Bertz CT molecular complexity index is 964. The highest BCUT2D eigenvalue weighted by molar-refractivity contribution is 9.10. The molecule has 0 aliphatic heterocycles.